The first-order valence-corrected chi connectivity index (χ1v) is 10.0. The molecule has 2 amide bonds. The van der Waals surface area contributed by atoms with Gasteiger partial charge in [-0.25, -0.2) is 4.79 Å². The van der Waals surface area contributed by atoms with Crippen molar-refractivity contribution in [3.05, 3.63) is 58.1 Å². The van der Waals surface area contributed by atoms with Crippen LogP contribution in [0.25, 0.3) is 0 Å². The summed E-state index contributed by atoms with van der Waals surface area (Å²) in [7, 11) is 0. The van der Waals surface area contributed by atoms with E-state index in [1.807, 2.05) is 0 Å². The third-order valence-corrected chi connectivity index (χ3v) is 4.64. The summed E-state index contributed by atoms with van der Waals surface area (Å²) in [5.41, 5.74) is 1.11. The zero-order chi connectivity index (χ0) is 22.8. The Kier molecular flexibility index (Phi) is 9.30. The second-order valence-electron chi connectivity index (χ2n) is 6.16. The van der Waals surface area contributed by atoms with Gasteiger partial charge in [-0.15, -0.1) is 0 Å². The maximum Gasteiger partial charge on any atom is 0.338 e. The van der Waals surface area contributed by atoms with Gasteiger partial charge in [0.2, 0.25) is 5.91 Å². The average molecular weight is 467 g/mol. The molecule has 10 heteroatoms. The monoisotopic (exact) mass is 466 g/mol. The number of hydrogen-bond acceptors (Lipinski definition) is 6. The predicted octanol–water partition coefficient (Wildman–Crippen LogP) is 4.07. The number of nitrogens with one attached hydrogen (secondary N) is 2. The van der Waals surface area contributed by atoms with Gasteiger partial charge in [-0.1, -0.05) is 29.3 Å². The number of carbonyl (C=O) groups excluding carboxylic acids is 4. The van der Waals surface area contributed by atoms with Crippen LogP contribution < -0.4 is 10.6 Å². The van der Waals surface area contributed by atoms with Crippen LogP contribution in [0.3, 0.4) is 0 Å². The Morgan fingerprint density at radius 1 is 0.871 bits per heavy atom. The fourth-order valence-corrected chi connectivity index (χ4v) is 2.70. The Morgan fingerprint density at radius 3 is 2.26 bits per heavy atom. The van der Waals surface area contributed by atoms with Crippen LogP contribution in [0.15, 0.2) is 42.5 Å². The van der Waals surface area contributed by atoms with Crippen LogP contribution in [0.1, 0.15) is 30.1 Å². The zero-order valence-corrected chi connectivity index (χ0v) is 18.1. The zero-order valence-electron chi connectivity index (χ0n) is 16.6. The first-order chi connectivity index (χ1) is 14.8. The van der Waals surface area contributed by atoms with E-state index in [0.29, 0.717) is 22.0 Å². The third kappa shape index (κ3) is 7.92. The van der Waals surface area contributed by atoms with Crippen molar-refractivity contribution in [2.75, 3.05) is 23.8 Å². The molecule has 0 bridgehead atoms. The van der Waals surface area contributed by atoms with Crippen LogP contribution in [-0.4, -0.2) is 37.0 Å². The first-order valence-electron chi connectivity index (χ1n) is 9.26. The van der Waals surface area contributed by atoms with Gasteiger partial charge in [-0.05, 0) is 43.3 Å². The molecule has 164 valence electrons. The molecule has 0 radical (unpaired) electrons. The molecule has 0 fully saturated rings. The van der Waals surface area contributed by atoms with Gasteiger partial charge in [0, 0.05) is 12.1 Å². The Bertz CT molecular complexity index is 963. The largest absolute Gasteiger partial charge is 0.462 e. The number of anilines is 2. The molecule has 0 aromatic heterocycles. The lowest BCUT2D eigenvalue weighted by atomic mass is 10.2. The second-order valence-corrected chi connectivity index (χ2v) is 6.94. The van der Waals surface area contributed by atoms with Gasteiger partial charge in [-0.2, -0.15) is 0 Å². The summed E-state index contributed by atoms with van der Waals surface area (Å²) < 4.78 is 9.73. The Balaban J connectivity index is 1.72. The quantitative estimate of drug-likeness (QED) is 0.538. The molecule has 31 heavy (non-hydrogen) atoms. The van der Waals surface area contributed by atoms with E-state index in [0.717, 1.165) is 0 Å². The lowest BCUT2D eigenvalue weighted by Crippen LogP contribution is -2.21. The minimum atomic E-state index is -0.708. The van der Waals surface area contributed by atoms with Crippen molar-refractivity contribution < 1.29 is 28.7 Å². The molecule has 0 aliphatic heterocycles. The van der Waals surface area contributed by atoms with Gasteiger partial charge in [0.25, 0.3) is 5.91 Å². The lowest BCUT2D eigenvalue weighted by Gasteiger charge is -2.09. The minimum absolute atomic E-state index is 0.154. The molecule has 0 saturated heterocycles. The number of benzene rings is 2. The molecule has 0 heterocycles. The predicted molar refractivity (Wildman–Crippen MR) is 116 cm³/mol. The van der Waals surface area contributed by atoms with E-state index < -0.39 is 30.4 Å². The van der Waals surface area contributed by atoms with E-state index in [9.17, 15) is 19.2 Å². The van der Waals surface area contributed by atoms with Crippen molar-refractivity contribution in [2.45, 2.75) is 19.8 Å². The van der Waals surface area contributed by atoms with Crippen molar-refractivity contribution in [1.29, 1.82) is 0 Å². The number of rotatable bonds is 9. The van der Waals surface area contributed by atoms with E-state index >= 15 is 0 Å². The molecule has 2 N–H and O–H groups in total. The molecule has 0 atom stereocenters. The SMILES string of the molecule is CCOC(=O)c1ccc(NC(=O)COC(=O)CCC(=O)Nc2cccc(Cl)c2Cl)cc1. The third-order valence-electron chi connectivity index (χ3n) is 3.83. The number of hydrogen-bond donors (Lipinski definition) is 2. The van der Waals surface area contributed by atoms with Crippen LogP contribution in [0.4, 0.5) is 11.4 Å². The number of carbonyl (C=O) groups is 4. The van der Waals surface area contributed by atoms with Gasteiger partial charge < -0.3 is 20.1 Å². The van der Waals surface area contributed by atoms with Crippen molar-refractivity contribution >= 4 is 58.3 Å². The fraction of sp³-hybridized carbons (Fsp3) is 0.238. The van der Waals surface area contributed by atoms with Crippen LogP contribution in [-0.2, 0) is 23.9 Å². The number of ether oxygens (including phenoxy) is 2. The maximum absolute atomic E-state index is 11.9. The van der Waals surface area contributed by atoms with Gasteiger partial charge in [0.05, 0.1) is 34.3 Å². The summed E-state index contributed by atoms with van der Waals surface area (Å²) >= 11 is 11.9. The van der Waals surface area contributed by atoms with Crippen molar-refractivity contribution in [2.24, 2.45) is 0 Å². The number of esters is 2. The average Bonchev–Trinajstić information content (AvgIpc) is 2.74. The smallest absolute Gasteiger partial charge is 0.338 e. The molecule has 2 aromatic rings. The van der Waals surface area contributed by atoms with E-state index in [2.05, 4.69) is 10.6 Å². The minimum Gasteiger partial charge on any atom is -0.462 e. The van der Waals surface area contributed by atoms with Gasteiger partial charge in [-0.3, -0.25) is 14.4 Å². The maximum atomic E-state index is 11.9. The standard InChI is InChI=1S/C21H20Cl2N2O6/c1-2-30-21(29)13-6-8-14(9-7-13)24-18(27)12-31-19(28)11-10-17(26)25-16-5-3-4-15(22)20(16)23/h3-9H,2,10-12H2,1H3,(H,24,27)(H,25,26). The normalized spacial score (nSPS) is 10.2. The van der Waals surface area contributed by atoms with Gasteiger partial charge in [0.15, 0.2) is 6.61 Å². The summed E-state index contributed by atoms with van der Waals surface area (Å²) in [6.45, 7) is 1.45. The topological polar surface area (TPSA) is 111 Å². The Hall–Kier alpha value is -3.10. The summed E-state index contributed by atoms with van der Waals surface area (Å²) in [4.78, 5) is 47.2. The molecular weight excluding hydrogens is 447 g/mol. The molecule has 0 aliphatic rings. The molecule has 2 rings (SSSR count). The van der Waals surface area contributed by atoms with Crippen molar-refractivity contribution in [1.82, 2.24) is 0 Å². The lowest BCUT2D eigenvalue weighted by molar-refractivity contribution is -0.147. The van der Waals surface area contributed by atoms with Gasteiger partial charge in [0.1, 0.15) is 0 Å². The molecule has 0 aliphatic carbocycles. The van der Waals surface area contributed by atoms with Crippen molar-refractivity contribution in [3.8, 4) is 0 Å². The number of amides is 2. The highest BCUT2D eigenvalue weighted by atomic mass is 35.5. The van der Waals surface area contributed by atoms with Gasteiger partial charge >= 0.3 is 11.9 Å². The van der Waals surface area contributed by atoms with E-state index in [4.69, 9.17) is 32.7 Å². The van der Waals surface area contributed by atoms with E-state index in [1.54, 1.807) is 25.1 Å². The van der Waals surface area contributed by atoms with Crippen LogP contribution in [0, 0.1) is 0 Å². The van der Waals surface area contributed by atoms with Crippen LogP contribution in [0.2, 0.25) is 10.0 Å². The summed E-state index contributed by atoms with van der Waals surface area (Å²) in [6, 6.07) is 10.8. The molecule has 8 nitrogen and oxygen atoms in total. The number of halogens is 2. The first kappa shape index (κ1) is 24.2. The van der Waals surface area contributed by atoms with E-state index in [-0.39, 0.29) is 24.5 Å². The van der Waals surface area contributed by atoms with Crippen LogP contribution in [0.5, 0.6) is 0 Å². The molecular formula is C21H20Cl2N2O6. The summed E-state index contributed by atoms with van der Waals surface area (Å²) in [5.74, 6) is -2.18. The van der Waals surface area contributed by atoms with E-state index in [1.165, 1.54) is 24.3 Å². The molecule has 2 aromatic carbocycles. The van der Waals surface area contributed by atoms with Crippen molar-refractivity contribution in [3.63, 3.8) is 0 Å². The Labute approximate surface area is 188 Å². The fourth-order valence-electron chi connectivity index (χ4n) is 2.35. The summed E-state index contributed by atoms with van der Waals surface area (Å²) in [5, 5.41) is 5.57. The van der Waals surface area contributed by atoms with Crippen LogP contribution >= 0.6 is 23.2 Å². The highest BCUT2D eigenvalue weighted by Crippen LogP contribution is 2.29. The summed E-state index contributed by atoms with van der Waals surface area (Å²) in [6.07, 6.45) is -0.371. The second kappa shape index (κ2) is 11.9. The molecule has 0 unspecified atom stereocenters. The highest BCUT2D eigenvalue weighted by molar-refractivity contribution is 6.44. The highest BCUT2D eigenvalue weighted by Gasteiger charge is 2.13. The Morgan fingerprint density at radius 2 is 1.58 bits per heavy atom. The molecule has 0 spiro atoms. The molecule has 0 saturated carbocycles.